The summed E-state index contributed by atoms with van der Waals surface area (Å²) in [5.41, 5.74) is 1.19. The highest BCUT2D eigenvalue weighted by Gasteiger charge is 2.16. The van der Waals surface area contributed by atoms with Crippen LogP contribution in [0.25, 0.3) is 0 Å². The van der Waals surface area contributed by atoms with Crippen molar-refractivity contribution in [1.29, 1.82) is 0 Å². The molecular formula is C15H23Cl2N. The van der Waals surface area contributed by atoms with Crippen LogP contribution < -0.4 is 5.32 Å². The van der Waals surface area contributed by atoms with Crippen LogP contribution >= 0.6 is 23.2 Å². The fraction of sp³-hybridized carbons (Fsp3) is 0.600. The molecule has 0 spiro atoms. The molecule has 102 valence electrons. The molecule has 1 rings (SSSR count). The maximum absolute atomic E-state index is 6.24. The first kappa shape index (κ1) is 15.8. The predicted molar refractivity (Wildman–Crippen MR) is 81.6 cm³/mol. The van der Waals surface area contributed by atoms with Crippen molar-refractivity contribution in [2.75, 3.05) is 6.54 Å². The molecule has 0 saturated carbocycles. The molecular weight excluding hydrogens is 265 g/mol. The van der Waals surface area contributed by atoms with E-state index in [0.29, 0.717) is 22.9 Å². The predicted octanol–water partition coefficient (Wildman–Crippen LogP) is 4.81. The second-order valence-corrected chi connectivity index (χ2v) is 6.35. The zero-order valence-corrected chi connectivity index (χ0v) is 13.1. The van der Waals surface area contributed by atoms with Crippen molar-refractivity contribution in [3.8, 4) is 0 Å². The zero-order valence-electron chi connectivity index (χ0n) is 11.6. The summed E-state index contributed by atoms with van der Waals surface area (Å²) < 4.78 is 0. The van der Waals surface area contributed by atoms with Crippen LogP contribution in [-0.4, -0.2) is 12.6 Å². The third-order valence-electron chi connectivity index (χ3n) is 3.23. The largest absolute Gasteiger partial charge is 0.314 e. The van der Waals surface area contributed by atoms with Gasteiger partial charge in [-0.3, -0.25) is 0 Å². The van der Waals surface area contributed by atoms with Crippen molar-refractivity contribution in [2.45, 2.75) is 40.2 Å². The van der Waals surface area contributed by atoms with Crippen LogP contribution in [0.4, 0.5) is 0 Å². The van der Waals surface area contributed by atoms with E-state index >= 15 is 0 Å². The van der Waals surface area contributed by atoms with Crippen LogP contribution in [0.3, 0.4) is 0 Å². The van der Waals surface area contributed by atoms with E-state index in [1.54, 1.807) is 0 Å². The summed E-state index contributed by atoms with van der Waals surface area (Å²) in [4.78, 5) is 0. The van der Waals surface area contributed by atoms with E-state index < -0.39 is 0 Å². The van der Waals surface area contributed by atoms with Gasteiger partial charge in [-0.25, -0.2) is 0 Å². The van der Waals surface area contributed by atoms with Gasteiger partial charge in [0.15, 0.2) is 0 Å². The zero-order chi connectivity index (χ0) is 13.7. The van der Waals surface area contributed by atoms with Crippen molar-refractivity contribution >= 4 is 23.2 Å². The van der Waals surface area contributed by atoms with Crippen molar-refractivity contribution in [2.24, 2.45) is 11.8 Å². The summed E-state index contributed by atoms with van der Waals surface area (Å²) in [6, 6.07) is 6.30. The average molecular weight is 288 g/mol. The van der Waals surface area contributed by atoms with E-state index in [0.717, 1.165) is 18.0 Å². The highest BCUT2D eigenvalue weighted by molar-refractivity contribution is 6.35. The second-order valence-electron chi connectivity index (χ2n) is 5.51. The third-order valence-corrected chi connectivity index (χ3v) is 3.82. The quantitative estimate of drug-likeness (QED) is 0.792. The fourth-order valence-corrected chi connectivity index (χ4v) is 2.39. The number of hydrogen-bond donors (Lipinski definition) is 1. The monoisotopic (exact) mass is 287 g/mol. The molecule has 0 aliphatic carbocycles. The molecule has 0 heterocycles. The van der Waals surface area contributed by atoms with Crippen LogP contribution in [0.15, 0.2) is 18.2 Å². The van der Waals surface area contributed by atoms with Crippen LogP contribution in [0.2, 0.25) is 10.0 Å². The number of rotatable bonds is 6. The van der Waals surface area contributed by atoms with Crippen molar-refractivity contribution in [3.05, 3.63) is 33.8 Å². The van der Waals surface area contributed by atoms with E-state index in [-0.39, 0.29) is 0 Å². The van der Waals surface area contributed by atoms with Crippen LogP contribution in [-0.2, 0) is 6.42 Å². The molecule has 0 fully saturated rings. The van der Waals surface area contributed by atoms with Gasteiger partial charge >= 0.3 is 0 Å². The lowest BCUT2D eigenvalue weighted by molar-refractivity contribution is 0.349. The van der Waals surface area contributed by atoms with Crippen molar-refractivity contribution < 1.29 is 0 Å². The highest BCUT2D eigenvalue weighted by atomic mass is 35.5. The normalized spacial score (nSPS) is 13.3. The Morgan fingerprint density at radius 1 is 1.11 bits per heavy atom. The molecule has 1 nitrogen and oxygen atoms in total. The van der Waals surface area contributed by atoms with E-state index in [1.807, 2.05) is 18.2 Å². The van der Waals surface area contributed by atoms with Gasteiger partial charge in [-0.15, -0.1) is 0 Å². The first-order valence-corrected chi connectivity index (χ1v) is 7.33. The Morgan fingerprint density at radius 3 is 2.28 bits per heavy atom. The SMILES string of the molecule is CC(C)NCC(Cc1ccc(Cl)cc1Cl)C(C)C. The lowest BCUT2D eigenvalue weighted by Crippen LogP contribution is -2.32. The Labute approximate surface area is 121 Å². The highest BCUT2D eigenvalue weighted by Crippen LogP contribution is 2.25. The Morgan fingerprint density at radius 2 is 1.78 bits per heavy atom. The molecule has 1 aromatic rings. The molecule has 0 saturated heterocycles. The van der Waals surface area contributed by atoms with Gasteiger partial charge in [0.2, 0.25) is 0 Å². The molecule has 0 aromatic heterocycles. The molecule has 0 radical (unpaired) electrons. The number of hydrogen-bond acceptors (Lipinski definition) is 1. The second kappa shape index (κ2) is 7.37. The van der Waals surface area contributed by atoms with Gasteiger partial charge in [0.1, 0.15) is 0 Å². The average Bonchev–Trinajstić information content (AvgIpc) is 2.26. The molecule has 1 N–H and O–H groups in total. The lowest BCUT2D eigenvalue weighted by atomic mass is 9.89. The van der Waals surface area contributed by atoms with E-state index in [9.17, 15) is 0 Å². The third kappa shape index (κ3) is 5.17. The molecule has 1 aromatic carbocycles. The Bertz CT molecular complexity index is 375. The van der Waals surface area contributed by atoms with Crippen LogP contribution in [0.5, 0.6) is 0 Å². The molecule has 1 atom stereocenters. The summed E-state index contributed by atoms with van der Waals surface area (Å²) in [6.45, 7) is 9.89. The molecule has 0 amide bonds. The molecule has 0 aliphatic rings. The van der Waals surface area contributed by atoms with E-state index in [4.69, 9.17) is 23.2 Å². The number of nitrogens with one attached hydrogen (secondary N) is 1. The standard InChI is InChI=1S/C15H23Cl2N/c1-10(2)13(9-18-11(3)4)7-12-5-6-14(16)8-15(12)17/h5-6,8,10-11,13,18H,7,9H2,1-4H3. The van der Waals surface area contributed by atoms with Gasteiger partial charge in [-0.05, 0) is 42.5 Å². The summed E-state index contributed by atoms with van der Waals surface area (Å²) in [6.07, 6.45) is 0.993. The first-order chi connectivity index (χ1) is 8.40. The summed E-state index contributed by atoms with van der Waals surface area (Å²) in [5, 5.41) is 4.98. The van der Waals surface area contributed by atoms with Gasteiger partial charge in [0, 0.05) is 16.1 Å². The van der Waals surface area contributed by atoms with Gasteiger partial charge in [0.05, 0.1) is 0 Å². The van der Waals surface area contributed by atoms with Gasteiger partial charge in [-0.1, -0.05) is 57.0 Å². The van der Waals surface area contributed by atoms with E-state index in [2.05, 4.69) is 33.0 Å². The molecule has 3 heteroatoms. The van der Waals surface area contributed by atoms with Crippen LogP contribution in [0, 0.1) is 11.8 Å². The van der Waals surface area contributed by atoms with Crippen molar-refractivity contribution in [1.82, 2.24) is 5.32 Å². The number of halogens is 2. The minimum Gasteiger partial charge on any atom is -0.314 e. The Hall–Kier alpha value is -0.240. The lowest BCUT2D eigenvalue weighted by Gasteiger charge is -2.23. The van der Waals surface area contributed by atoms with Crippen molar-refractivity contribution in [3.63, 3.8) is 0 Å². The van der Waals surface area contributed by atoms with E-state index in [1.165, 1.54) is 5.56 Å². The first-order valence-electron chi connectivity index (χ1n) is 6.57. The Balaban J connectivity index is 2.70. The fourth-order valence-electron chi connectivity index (χ4n) is 1.90. The summed E-state index contributed by atoms with van der Waals surface area (Å²) in [7, 11) is 0. The molecule has 18 heavy (non-hydrogen) atoms. The van der Waals surface area contributed by atoms with Crippen LogP contribution in [0.1, 0.15) is 33.3 Å². The Kier molecular flexibility index (Phi) is 6.48. The van der Waals surface area contributed by atoms with Gasteiger partial charge in [-0.2, -0.15) is 0 Å². The van der Waals surface area contributed by atoms with Gasteiger partial charge < -0.3 is 5.32 Å². The number of benzene rings is 1. The minimum absolute atomic E-state index is 0.520. The summed E-state index contributed by atoms with van der Waals surface area (Å²) in [5.74, 6) is 1.22. The molecule has 1 unspecified atom stereocenters. The maximum Gasteiger partial charge on any atom is 0.0452 e. The molecule has 0 bridgehead atoms. The topological polar surface area (TPSA) is 12.0 Å². The smallest absolute Gasteiger partial charge is 0.0452 e. The van der Waals surface area contributed by atoms with Gasteiger partial charge in [0.25, 0.3) is 0 Å². The molecule has 0 aliphatic heterocycles. The summed E-state index contributed by atoms with van der Waals surface area (Å²) >= 11 is 12.2. The maximum atomic E-state index is 6.24. The minimum atomic E-state index is 0.520.